The van der Waals surface area contributed by atoms with Crippen LogP contribution in [0.2, 0.25) is 0 Å². The van der Waals surface area contributed by atoms with E-state index in [4.69, 9.17) is 0 Å². The number of rotatable bonds is 4. The lowest BCUT2D eigenvalue weighted by Crippen LogP contribution is -2.27. The highest BCUT2D eigenvalue weighted by Gasteiger charge is 2.13. The first-order valence-corrected chi connectivity index (χ1v) is 8.90. The highest BCUT2D eigenvalue weighted by atomic mass is 32.2. The van der Waals surface area contributed by atoms with Crippen molar-refractivity contribution in [3.63, 3.8) is 0 Å². The third kappa shape index (κ3) is 4.40. The molecular formula is C17H20N2O2S. The van der Waals surface area contributed by atoms with Gasteiger partial charge in [-0.05, 0) is 43.5 Å². The van der Waals surface area contributed by atoms with E-state index < -0.39 is 10.0 Å². The molecule has 0 spiro atoms. The molecule has 0 atom stereocenters. The van der Waals surface area contributed by atoms with E-state index in [0.717, 1.165) is 22.5 Å². The van der Waals surface area contributed by atoms with Crippen LogP contribution in [0.25, 0.3) is 0 Å². The summed E-state index contributed by atoms with van der Waals surface area (Å²) in [6.45, 7) is 4.33. The number of aromatic amines is 1. The number of hydrogen-bond acceptors (Lipinski definition) is 2. The summed E-state index contributed by atoms with van der Waals surface area (Å²) in [6, 6.07) is 14.2. The van der Waals surface area contributed by atoms with Crippen molar-refractivity contribution in [3.8, 4) is 12.0 Å². The molecule has 1 aromatic carbocycles. The van der Waals surface area contributed by atoms with E-state index in [-0.39, 0.29) is 0 Å². The SMILES string of the molecule is Cc1cc(C)c(CCN(C#Cc2ccccc2)S(C)(=O)=O)[nH]1. The number of aryl methyl sites for hydroxylation is 2. The predicted octanol–water partition coefficient (Wildman–Crippen LogP) is 2.44. The maximum absolute atomic E-state index is 11.9. The molecule has 0 bridgehead atoms. The Morgan fingerprint density at radius 1 is 1.18 bits per heavy atom. The molecule has 0 radical (unpaired) electrons. The van der Waals surface area contributed by atoms with Gasteiger partial charge in [0.2, 0.25) is 10.0 Å². The Morgan fingerprint density at radius 3 is 2.41 bits per heavy atom. The second-order valence-electron chi connectivity index (χ2n) is 5.30. The molecule has 0 fully saturated rings. The number of sulfonamides is 1. The van der Waals surface area contributed by atoms with Crippen molar-refractivity contribution in [2.45, 2.75) is 20.3 Å². The predicted molar refractivity (Wildman–Crippen MR) is 88.8 cm³/mol. The first-order valence-electron chi connectivity index (χ1n) is 7.06. The zero-order valence-electron chi connectivity index (χ0n) is 13.1. The van der Waals surface area contributed by atoms with Crippen LogP contribution in [-0.4, -0.2) is 30.5 Å². The van der Waals surface area contributed by atoms with Gasteiger partial charge in [0.15, 0.2) is 0 Å². The van der Waals surface area contributed by atoms with Crippen molar-refractivity contribution >= 4 is 10.0 Å². The molecule has 5 heteroatoms. The van der Waals surface area contributed by atoms with Crippen LogP contribution in [0.4, 0.5) is 0 Å². The van der Waals surface area contributed by atoms with Crippen LogP contribution in [0, 0.1) is 25.8 Å². The Bertz CT molecular complexity index is 796. The first kappa shape index (κ1) is 16.2. The second-order valence-corrected chi connectivity index (χ2v) is 7.21. The van der Waals surface area contributed by atoms with Crippen molar-refractivity contribution in [2.75, 3.05) is 12.8 Å². The molecule has 1 heterocycles. The fourth-order valence-electron chi connectivity index (χ4n) is 2.21. The molecule has 0 saturated heterocycles. The number of benzene rings is 1. The van der Waals surface area contributed by atoms with Gasteiger partial charge in [0.25, 0.3) is 0 Å². The minimum absolute atomic E-state index is 0.333. The third-order valence-corrected chi connectivity index (χ3v) is 4.40. The van der Waals surface area contributed by atoms with Crippen molar-refractivity contribution in [1.82, 2.24) is 9.29 Å². The summed E-state index contributed by atoms with van der Waals surface area (Å²) < 4.78 is 25.0. The van der Waals surface area contributed by atoms with Gasteiger partial charge < -0.3 is 4.98 Å². The standard InChI is InChI=1S/C17H20N2O2S/c1-14-13-15(2)18-17(14)10-12-19(22(3,20)21)11-9-16-7-5-4-6-8-16/h4-8,13,18H,10,12H2,1-3H3. The lowest BCUT2D eigenvalue weighted by atomic mass is 10.2. The van der Waals surface area contributed by atoms with Crippen LogP contribution in [0.1, 0.15) is 22.5 Å². The molecule has 0 aliphatic carbocycles. The van der Waals surface area contributed by atoms with Gasteiger partial charge >= 0.3 is 0 Å². The number of H-pyrrole nitrogens is 1. The Morgan fingerprint density at radius 2 is 1.86 bits per heavy atom. The van der Waals surface area contributed by atoms with Gasteiger partial charge in [0, 0.05) is 36.0 Å². The summed E-state index contributed by atoms with van der Waals surface area (Å²) >= 11 is 0. The van der Waals surface area contributed by atoms with Gasteiger partial charge in [-0.2, -0.15) is 0 Å². The molecule has 0 aliphatic heterocycles. The van der Waals surface area contributed by atoms with Gasteiger partial charge in [-0.15, -0.1) is 0 Å². The number of hydrogen-bond donors (Lipinski definition) is 1. The van der Waals surface area contributed by atoms with E-state index in [2.05, 4.69) is 23.0 Å². The normalized spacial score (nSPS) is 10.9. The van der Waals surface area contributed by atoms with Crippen molar-refractivity contribution < 1.29 is 8.42 Å². The van der Waals surface area contributed by atoms with E-state index in [9.17, 15) is 8.42 Å². The average Bonchev–Trinajstić information content (AvgIpc) is 2.76. The van der Waals surface area contributed by atoms with Gasteiger partial charge in [-0.1, -0.05) is 18.2 Å². The average molecular weight is 316 g/mol. The molecule has 22 heavy (non-hydrogen) atoms. The molecule has 2 rings (SSSR count). The van der Waals surface area contributed by atoms with Crippen LogP contribution in [0.15, 0.2) is 36.4 Å². The number of nitrogens with one attached hydrogen (secondary N) is 1. The minimum atomic E-state index is -3.37. The molecule has 2 aromatic rings. The molecule has 1 N–H and O–H groups in total. The van der Waals surface area contributed by atoms with Crippen molar-refractivity contribution in [2.24, 2.45) is 0 Å². The summed E-state index contributed by atoms with van der Waals surface area (Å²) in [6.07, 6.45) is 1.79. The monoisotopic (exact) mass is 316 g/mol. The van der Waals surface area contributed by atoms with Gasteiger partial charge in [-0.3, -0.25) is 0 Å². The Hall–Kier alpha value is -2.19. The topological polar surface area (TPSA) is 53.2 Å². The smallest absolute Gasteiger partial charge is 0.238 e. The largest absolute Gasteiger partial charge is 0.362 e. The fraction of sp³-hybridized carbons (Fsp3) is 0.294. The van der Waals surface area contributed by atoms with E-state index in [1.54, 1.807) is 0 Å². The lowest BCUT2D eigenvalue weighted by Gasteiger charge is -2.14. The Labute approximate surface area is 132 Å². The summed E-state index contributed by atoms with van der Waals surface area (Å²) in [5.41, 5.74) is 4.06. The number of nitrogens with zero attached hydrogens (tertiary/aromatic N) is 1. The van der Waals surface area contributed by atoms with Gasteiger partial charge in [-0.25, -0.2) is 12.7 Å². The molecule has 4 nitrogen and oxygen atoms in total. The zero-order chi connectivity index (χ0) is 16.2. The quantitative estimate of drug-likeness (QED) is 0.696. The highest BCUT2D eigenvalue weighted by Crippen LogP contribution is 2.11. The van der Waals surface area contributed by atoms with Crippen LogP contribution >= 0.6 is 0 Å². The van der Waals surface area contributed by atoms with E-state index >= 15 is 0 Å². The Balaban J connectivity index is 2.15. The molecule has 116 valence electrons. The van der Waals surface area contributed by atoms with E-state index in [1.807, 2.05) is 44.2 Å². The Kier molecular flexibility index (Phi) is 4.94. The van der Waals surface area contributed by atoms with Crippen LogP contribution in [0.3, 0.4) is 0 Å². The summed E-state index contributed by atoms with van der Waals surface area (Å²) in [7, 11) is -3.37. The molecule has 0 amide bonds. The number of aromatic nitrogens is 1. The fourth-order valence-corrected chi connectivity index (χ4v) is 2.84. The highest BCUT2D eigenvalue weighted by molar-refractivity contribution is 7.88. The van der Waals surface area contributed by atoms with Crippen LogP contribution in [0.5, 0.6) is 0 Å². The molecule has 0 unspecified atom stereocenters. The molecular weight excluding hydrogens is 296 g/mol. The van der Waals surface area contributed by atoms with E-state index in [0.29, 0.717) is 13.0 Å². The lowest BCUT2D eigenvalue weighted by molar-refractivity contribution is 0.517. The maximum atomic E-state index is 11.9. The zero-order valence-corrected chi connectivity index (χ0v) is 13.9. The van der Waals surface area contributed by atoms with E-state index in [1.165, 1.54) is 10.6 Å². The minimum Gasteiger partial charge on any atom is -0.362 e. The van der Waals surface area contributed by atoms with Gasteiger partial charge in [0.1, 0.15) is 0 Å². The summed E-state index contributed by atoms with van der Waals surface area (Å²) in [5.74, 6) is 2.89. The summed E-state index contributed by atoms with van der Waals surface area (Å²) in [5, 5.41) is 0. The maximum Gasteiger partial charge on any atom is 0.238 e. The second kappa shape index (κ2) is 6.71. The van der Waals surface area contributed by atoms with Gasteiger partial charge in [0.05, 0.1) is 6.26 Å². The van der Waals surface area contributed by atoms with Crippen LogP contribution in [-0.2, 0) is 16.4 Å². The summed E-state index contributed by atoms with van der Waals surface area (Å²) in [4.78, 5) is 3.26. The third-order valence-electron chi connectivity index (χ3n) is 3.32. The van der Waals surface area contributed by atoms with Crippen molar-refractivity contribution in [3.05, 3.63) is 58.9 Å². The molecule has 0 saturated carbocycles. The van der Waals surface area contributed by atoms with Crippen molar-refractivity contribution in [1.29, 1.82) is 0 Å². The molecule has 0 aliphatic rings. The first-order chi connectivity index (χ1) is 10.4. The van der Waals surface area contributed by atoms with Crippen LogP contribution < -0.4 is 0 Å². The molecule has 1 aromatic heterocycles.